The Morgan fingerprint density at radius 1 is 1.11 bits per heavy atom. The fourth-order valence-corrected chi connectivity index (χ4v) is 4.86. The van der Waals surface area contributed by atoms with Gasteiger partial charge in [-0.15, -0.1) is 10.2 Å². The zero-order valence-corrected chi connectivity index (χ0v) is 16.8. The monoisotopic (exact) mass is 410 g/mol. The van der Waals surface area contributed by atoms with E-state index in [4.69, 9.17) is 0 Å². The summed E-state index contributed by atoms with van der Waals surface area (Å²) in [5, 5.41) is 12.2. The Bertz CT molecular complexity index is 1170. The Kier molecular flexibility index (Phi) is 5.40. The maximum Gasteiger partial charge on any atom is 0.224 e. The lowest BCUT2D eigenvalue weighted by Gasteiger charge is -2.08. The summed E-state index contributed by atoms with van der Waals surface area (Å²) in [6.07, 6.45) is 1.08. The number of Topliss-reactive ketones (excluding diaryl/α,β-unsaturated/α-hetero) is 1. The van der Waals surface area contributed by atoms with Crippen LogP contribution in [0.1, 0.15) is 30.1 Å². The number of carbonyl (C=O) groups is 2. The van der Waals surface area contributed by atoms with Gasteiger partial charge in [0.1, 0.15) is 0 Å². The van der Waals surface area contributed by atoms with Gasteiger partial charge in [0.25, 0.3) is 0 Å². The molecule has 2 aromatic carbocycles. The Morgan fingerprint density at radius 3 is 2.75 bits per heavy atom. The number of carbonyl (C=O) groups excluding carboxylic acids is 2. The van der Waals surface area contributed by atoms with E-state index in [2.05, 4.69) is 32.0 Å². The zero-order valence-electron chi connectivity index (χ0n) is 15.2. The van der Waals surface area contributed by atoms with Crippen LogP contribution >= 0.6 is 23.1 Å². The van der Waals surface area contributed by atoms with Crippen molar-refractivity contribution in [1.82, 2.24) is 14.6 Å². The second-order valence-corrected chi connectivity index (χ2v) is 8.34. The second-order valence-electron chi connectivity index (χ2n) is 6.27. The van der Waals surface area contributed by atoms with E-state index >= 15 is 0 Å². The van der Waals surface area contributed by atoms with Gasteiger partial charge in [0, 0.05) is 17.7 Å². The average molecular weight is 411 g/mol. The molecule has 28 heavy (non-hydrogen) atoms. The number of amides is 1. The molecule has 0 aliphatic heterocycles. The number of benzene rings is 2. The lowest BCUT2D eigenvalue weighted by molar-refractivity contribution is -0.116. The summed E-state index contributed by atoms with van der Waals surface area (Å²) in [6, 6.07) is 15.2. The number of rotatable bonds is 7. The van der Waals surface area contributed by atoms with E-state index in [1.165, 1.54) is 11.6 Å². The summed E-state index contributed by atoms with van der Waals surface area (Å²) in [5.41, 5.74) is 2.20. The van der Waals surface area contributed by atoms with Crippen molar-refractivity contribution in [2.45, 2.75) is 24.9 Å². The van der Waals surface area contributed by atoms with Crippen molar-refractivity contribution in [2.24, 2.45) is 0 Å². The van der Waals surface area contributed by atoms with E-state index in [1.807, 2.05) is 12.1 Å². The van der Waals surface area contributed by atoms with E-state index in [9.17, 15) is 9.59 Å². The van der Waals surface area contributed by atoms with Crippen LogP contribution in [0.3, 0.4) is 0 Å². The van der Waals surface area contributed by atoms with Gasteiger partial charge in [-0.1, -0.05) is 47.4 Å². The van der Waals surface area contributed by atoms with Crippen molar-refractivity contribution in [2.75, 3.05) is 11.1 Å². The van der Waals surface area contributed by atoms with Gasteiger partial charge >= 0.3 is 0 Å². The van der Waals surface area contributed by atoms with Crippen LogP contribution in [-0.2, 0) is 4.79 Å². The van der Waals surface area contributed by atoms with Gasteiger partial charge < -0.3 is 5.32 Å². The molecule has 0 unspecified atom stereocenters. The summed E-state index contributed by atoms with van der Waals surface area (Å²) in [7, 11) is 0. The average Bonchev–Trinajstić information content (AvgIpc) is 3.25. The van der Waals surface area contributed by atoms with Crippen LogP contribution in [0.5, 0.6) is 0 Å². The van der Waals surface area contributed by atoms with Gasteiger partial charge in [-0.25, -0.2) is 0 Å². The van der Waals surface area contributed by atoms with Crippen molar-refractivity contribution in [3.05, 3.63) is 54.1 Å². The van der Waals surface area contributed by atoms with E-state index in [1.54, 1.807) is 47.4 Å². The standard InChI is InChI=1S/C20H18N4O2S2/c1-13(25)14-7-2-3-8-15(14)21-18(26)11-6-12-27-19-22-23-20-24(19)16-9-4-5-10-17(16)28-20/h2-5,7-10H,6,11-12H2,1H3,(H,21,26). The molecule has 0 aliphatic rings. The smallest absolute Gasteiger partial charge is 0.224 e. The summed E-state index contributed by atoms with van der Waals surface area (Å²) in [5.74, 6) is 0.596. The number of hydrogen-bond acceptors (Lipinski definition) is 6. The number of hydrogen-bond donors (Lipinski definition) is 1. The highest BCUT2D eigenvalue weighted by Crippen LogP contribution is 2.29. The number of ketones is 1. The normalized spacial score (nSPS) is 11.2. The van der Waals surface area contributed by atoms with Gasteiger partial charge in [0.2, 0.25) is 10.9 Å². The molecule has 0 saturated carbocycles. The third kappa shape index (κ3) is 3.79. The number of fused-ring (bicyclic) bond motifs is 3. The second kappa shape index (κ2) is 8.12. The molecule has 8 heteroatoms. The molecule has 4 aromatic rings. The molecule has 0 spiro atoms. The number of anilines is 1. The Morgan fingerprint density at radius 2 is 1.89 bits per heavy atom. The van der Waals surface area contributed by atoms with E-state index < -0.39 is 0 Å². The fourth-order valence-electron chi connectivity index (χ4n) is 2.96. The summed E-state index contributed by atoms with van der Waals surface area (Å²) in [6.45, 7) is 1.50. The molecule has 0 atom stereocenters. The highest BCUT2D eigenvalue weighted by atomic mass is 32.2. The zero-order chi connectivity index (χ0) is 19.5. The highest BCUT2D eigenvalue weighted by molar-refractivity contribution is 7.99. The van der Waals surface area contributed by atoms with Crippen LogP contribution in [0.15, 0.2) is 53.7 Å². The molecule has 0 radical (unpaired) electrons. The SMILES string of the molecule is CC(=O)c1ccccc1NC(=O)CCCSc1nnc2sc3ccccc3n12. The largest absolute Gasteiger partial charge is 0.325 e. The minimum atomic E-state index is -0.0957. The first-order chi connectivity index (χ1) is 13.6. The van der Waals surface area contributed by atoms with Crippen LogP contribution < -0.4 is 5.32 Å². The third-order valence-corrected chi connectivity index (χ3v) is 6.30. The van der Waals surface area contributed by atoms with E-state index in [0.29, 0.717) is 24.1 Å². The van der Waals surface area contributed by atoms with Gasteiger partial charge in [0.05, 0.1) is 15.9 Å². The van der Waals surface area contributed by atoms with Crippen molar-refractivity contribution in [3.63, 3.8) is 0 Å². The Balaban J connectivity index is 1.34. The predicted octanol–water partition coefficient (Wildman–Crippen LogP) is 4.66. The minimum Gasteiger partial charge on any atom is -0.325 e. The molecule has 4 rings (SSSR count). The molecule has 2 heterocycles. The molecule has 1 N–H and O–H groups in total. The summed E-state index contributed by atoms with van der Waals surface area (Å²) >= 11 is 3.21. The van der Waals surface area contributed by atoms with Gasteiger partial charge in [-0.05, 0) is 37.6 Å². The minimum absolute atomic E-state index is 0.0646. The number of para-hydroxylation sites is 2. The van der Waals surface area contributed by atoms with Gasteiger partial charge in [-0.3, -0.25) is 14.0 Å². The number of aromatic nitrogens is 3. The van der Waals surface area contributed by atoms with Gasteiger partial charge in [0.15, 0.2) is 10.9 Å². The molecule has 1 amide bonds. The summed E-state index contributed by atoms with van der Waals surface area (Å²) < 4.78 is 3.24. The van der Waals surface area contributed by atoms with Crippen LogP contribution in [0, 0.1) is 0 Å². The first-order valence-electron chi connectivity index (χ1n) is 8.89. The van der Waals surface area contributed by atoms with Crippen LogP contribution in [-0.4, -0.2) is 32.0 Å². The highest BCUT2D eigenvalue weighted by Gasteiger charge is 2.13. The quantitative estimate of drug-likeness (QED) is 0.272. The predicted molar refractivity (Wildman–Crippen MR) is 113 cm³/mol. The molecular weight excluding hydrogens is 392 g/mol. The Labute approximate surface area is 170 Å². The van der Waals surface area contributed by atoms with E-state index in [0.717, 1.165) is 21.4 Å². The molecule has 0 saturated heterocycles. The molecule has 0 fully saturated rings. The topological polar surface area (TPSA) is 76.4 Å². The number of nitrogens with zero attached hydrogens (tertiary/aromatic N) is 3. The van der Waals surface area contributed by atoms with Gasteiger partial charge in [-0.2, -0.15) is 0 Å². The number of thioether (sulfide) groups is 1. The molecule has 6 nitrogen and oxygen atoms in total. The van der Waals surface area contributed by atoms with Crippen LogP contribution in [0.4, 0.5) is 5.69 Å². The van der Waals surface area contributed by atoms with E-state index in [-0.39, 0.29) is 11.7 Å². The van der Waals surface area contributed by atoms with Crippen molar-refractivity contribution in [3.8, 4) is 0 Å². The maximum absolute atomic E-state index is 12.2. The van der Waals surface area contributed by atoms with Crippen LogP contribution in [0.25, 0.3) is 15.2 Å². The molecule has 142 valence electrons. The molecular formula is C20H18N4O2S2. The van der Waals surface area contributed by atoms with Crippen molar-refractivity contribution in [1.29, 1.82) is 0 Å². The molecule has 2 aromatic heterocycles. The van der Waals surface area contributed by atoms with Crippen molar-refractivity contribution >= 4 is 55.7 Å². The third-order valence-electron chi connectivity index (χ3n) is 4.27. The van der Waals surface area contributed by atoms with Crippen molar-refractivity contribution < 1.29 is 9.59 Å². The first-order valence-corrected chi connectivity index (χ1v) is 10.7. The molecule has 0 aliphatic carbocycles. The first kappa shape index (κ1) is 18.6. The molecule has 0 bridgehead atoms. The summed E-state index contributed by atoms with van der Waals surface area (Å²) in [4.78, 5) is 24.8. The number of thiazole rings is 1. The fraction of sp³-hybridized carbons (Fsp3) is 0.200. The van der Waals surface area contributed by atoms with Crippen LogP contribution in [0.2, 0.25) is 0 Å². The maximum atomic E-state index is 12.2. The lowest BCUT2D eigenvalue weighted by atomic mass is 10.1. The lowest BCUT2D eigenvalue weighted by Crippen LogP contribution is -2.14. The number of nitrogens with one attached hydrogen (secondary N) is 1. The Hall–Kier alpha value is -2.71.